The van der Waals surface area contributed by atoms with Crippen LogP contribution in [0.4, 0.5) is 5.69 Å². The molecular formula is C10H10ClNO3. The molecule has 0 aliphatic carbocycles. The minimum atomic E-state index is -0.565. The van der Waals surface area contributed by atoms with Crippen LogP contribution in [-0.2, 0) is 14.4 Å². The van der Waals surface area contributed by atoms with Gasteiger partial charge in [-0.1, -0.05) is 17.7 Å². The number of benzene rings is 1. The van der Waals surface area contributed by atoms with Gasteiger partial charge in [0.2, 0.25) is 0 Å². The molecular weight excluding hydrogens is 218 g/mol. The molecule has 1 amide bonds. The first-order chi connectivity index (χ1) is 7.00. The van der Waals surface area contributed by atoms with Gasteiger partial charge in [-0.05, 0) is 18.2 Å². The number of hydrogen-bond donors (Lipinski definition) is 0. The first-order valence-electron chi connectivity index (χ1n) is 4.25. The van der Waals surface area contributed by atoms with E-state index in [1.54, 1.807) is 18.2 Å². The van der Waals surface area contributed by atoms with Gasteiger partial charge >= 0.3 is 5.97 Å². The van der Waals surface area contributed by atoms with E-state index in [0.717, 1.165) is 5.06 Å². The summed E-state index contributed by atoms with van der Waals surface area (Å²) in [6.07, 6.45) is 0. The Labute approximate surface area is 92.3 Å². The maximum absolute atomic E-state index is 11.2. The number of hydrogen-bond acceptors (Lipinski definition) is 3. The van der Waals surface area contributed by atoms with Crippen molar-refractivity contribution in [2.75, 3.05) is 5.06 Å². The molecule has 5 heteroatoms. The molecule has 0 heterocycles. The summed E-state index contributed by atoms with van der Waals surface area (Å²) in [4.78, 5) is 26.7. The molecule has 4 nitrogen and oxygen atoms in total. The lowest BCUT2D eigenvalue weighted by Crippen LogP contribution is -2.30. The zero-order valence-corrected chi connectivity index (χ0v) is 9.12. The summed E-state index contributed by atoms with van der Waals surface area (Å²) in [7, 11) is 0. The highest BCUT2D eigenvalue weighted by Crippen LogP contribution is 2.19. The van der Waals surface area contributed by atoms with E-state index in [2.05, 4.69) is 0 Å². The van der Waals surface area contributed by atoms with Gasteiger partial charge in [-0.25, -0.2) is 4.79 Å². The Kier molecular flexibility index (Phi) is 3.68. The third-order valence-corrected chi connectivity index (χ3v) is 1.78. The Morgan fingerprint density at radius 2 is 2.00 bits per heavy atom. The molecule has 0 saturated heterocycles. The van der Waals surface area contributed by atoms with Crippen LogP contribution in [0.25, 0.3) is 0 Å². The van der Waals surface area contributed by atoms with E-state index in [0.29, 0.717) is 10.7 Å². The van der Waals surface area contributed by atoms with Crippen molar-refractivity contribution in [1.82, 2.24) is 0 Å². The van der Waals surface area contributed by atoms with E-state index >= 15 is 0 Å². The van der Waals surface area contributed by atoms with Crippen molar-refractivity contribution >= 4 is 29.2 Å². The maximum Gasteiger partial charge on any atom is 0.330 e. The van der Waals surface area contributed by atoms with Crippen LogP contribution in [0.15, 0.2) is 24.3 Å². The second-order valence-electron chi connectivity index (χ2n) is 2.88. The summed E-state index contributed by atoms with van der Waals surface area (Å²) in [6.45, 7) is 2.52. The average Bonchev–Trinajstić information content (AvgIpc) is 2.13. The Hall–Kier alpha value is -1.55. The lowest BCUT2D eigenvalue weighted by atomic mass is 10.3. The number of carbonyl (C=O) groups excluding carboxylic acids is 2. The quantitative estimate of drug-likeness (QED) is 0.691. The van der Waals surface area contributed by atoms with Crippen LogP contribution in [0, 0.1) is 0 Å². The van der Waals surface area contributed by atoms with Crippen LogP contribution in [0.2, 0.25) is 5.02 Å². The highest BCUT2D eigenvalue weighted by Gasteiger charge is 2.14. The number of hydroxylamine groups is 1. The van der Waals surface area contributed by atoms with E-state index in [-0.39, 0.29) is 0 Å². The molecule has 1 aromatic carbocycles. The lowest BCUT2D eigenvalue weighted by molar-refractivity contribution is -0.147. The average molecular weight is 228 g/mol. The SMILES string of the molecule is CC(=O)ON(C(C)=O)c1cccc(Cl)c1. The summed E-state index contributed by atoms with van der Waals surface area (Å²) in [5, 5.41) is 1.36. The van der Waals surface area contributed by atoms with E-state index in [1.807, 2.05) is 0 Å². The first-order valence-corrected chi connectivity index (χ1v) is 4.63. The number of rotatable bonds is 1. The van der Waals surface area contributed by atoms with Crippen molar-refractivity contribution in [1.29, 1.82) is 0 Å². The molecule has 0 fully saturated rings. The third-order valence-electron chi connectivity index (χ3n) is 1.55. The zero-order valence-electron chi connectivity index (χ0n) is 8.36. The number of anilines is 1. The standard InChI is InChI=1S/C10H10ClNO3/c1-7(13)12(15-8(2)14)10-5-3-4-9(11)6-10/h3-6H,1-2H3. The third kappa shape index (κ3) is 3.25. The van der Waals surface area contributed by atoms with Gasteiger partial charge in [-0.15, -0.1) is 5.06 Å². The van der Waals surface area contributed by atoms with Crippen molar-refractivity contribution in [3.8, 4) is 0 Å². The van der Waals surface area contributed by atoms with Crippen LogP contribution in [0.3, 0.4) is 0 Å². The second-order valence-corrected chi connectivity index (χ2v) is 3.31. The molecule has 0 aliphatic rings. The van der Waals surface area contributed by atoms with Crippen LogP contribution in [-0.4, -0.2) is 11.9 Å². The van der Waals surface area contributed by atoms with Crippen LogP contribution < -0.4 is 5.06 Å². The van der Waals surface area contributed by atoms with Gasteiger partial charge in [0, 0.05) is 18.9 Å². The smallest absolute Gasteiger partial charge is 0.330 e. The fourth-order valence-corrected chi connectivity index (χ4v) is 1.21. The number of halogens is 1. The lowest BCUT2D eigenvalue weighted by Gasteiger charge is -2.18. The minimum Gasteiger partial charge on any atom is -0.334 e. The number of carbonyl (C=O) groups is 2. The Bertz CT molecular complexity index is 392. The molecule has 0 aromatic heterocycles. The van der Waals surface area contributed by atoms with Gasteiger partial charge in [0.05, 0.1) is 5.69 Å². The molecule has 0 atom stereocenters. The molecule has 0 aliphatic heterocycles. The molecule has 0 radical (unpaired) electrons. The maximum atomic E-state index is 11.2. The van der Waals surface area contributed by atoms with Gasteiger partial charge in [-0.2, -0.15) is 0 Å². The highest BCUT2D eigenvalue weighted by molar-refractivity contribution is 6.30. The summed E-state index contributed by atoms with van der Waals surface area (Å²) in [5.41, 5.74) is 0.421. The van der Waals surface area contributed by atoms with Crippen molar-refractivity contribution in [2.24, 2.45) is 0 Å². The van der Waals surface area contributed by atoms with Crippen molar-refractivity contribution in [3.05, 3.63) is 29.3 Å². The summed E-state index contributed by atoms with van der Waals surface area (Å²) < 4.78 is 0. The van der Waals surface area contributed by atoms with E-state index in [1.165, 1.54) is 19.9 Å². The highest BCUT2D eigenvalue weighted by atomic mass is 35.5. The van der Waals surface area contributed by atoms with E-state index < -0.39 is 11.9 Å². The molecule has 0 N–H and O–H groups in total. The minimum absolute atomic E-state index is 0.396. The Morgan fingerprint density at radius 1 is 1.33 bits per heavy atom. The van der Waals surface area contributed by atoms with Crippen LogP contribution in [0.1, 0.15) is 13.8 Å². The molecule has 80 valence electrons. The molecule has 15 heavy (non-hydrogen) atoms. The van der Waals surface area contributed by atoms with Gasteiger partial charge < -0.3 is 4.84 Å². The fraction of sp³-hybridized carbons (Fsp3) is 0.200. The number of amides is 1. The largest absolute Gasteiger partial charge is 0.334 e. The van der Waals surface area contributed by atoms with E-state index in [9.17, 15) is 9.59 Å². The zero-order chi connectivity index (χ0) is 11.4. The Balaban J connectivity index is 2.98. The summed E-state index contributed by atoms with van der Waals surface area (Å²) >= 11 is 5.75. The molecule has 0 bridgehead atoms. The normalized spacial score (nSPS) is 9.53. The first kappa shape index (κ1) is 11.5. The van der Waals surface area contributed by atoms with Gasteiger partial charge in [0.25, 0.3) is 5.91 Å². The van der Waals surface area contributed by atoms with Gasteiger partial charge in [0.1, 0.15) is 0 Å². The van der Waals surface area contributed by atoms with Crippen LogP contribution >= 0.6 is 11.6 Å². The number of nitrogens with zero attached hydrogens (tertiary/aromatic N) is 1. The summed E-state index contributed by atoms with van der Waals surface area (Å²) in [6, 6.07) is 6.48. The van der Waals surface area contributed by atoms with Crippen molar-refractivity contribution in [2.45, 2.75) is 13.8 Å². The molecule has 1 aromatic rings. The monoisotopic (exact) mass is 227 g/mol. The van der Waals surface area contributed by atoms with Crippen LogP contribution in [0.5, 0.6) is 0 Å². The Morgan fingerprint density at radius 3 is 2.47 bits per heavy atom. The van der Waals surface area contributed by atoms with E-state index in [4.69, 9.17) is 16.4 Å². The van der Waals surface area contributed by atoms with Gasteiger partial charge in [-0.3, -0.25) is 4.79 Å². The van der Waals surface area contributed by atoms with Crippen molar-refractivity contribution < 1.29 is 14.4 Å². The fourth-order valence-electron chi connectivity index (χ4n) is 1.03. The predicted octanol–water partition coefficient (Wildman–Crippen LogP) is 2.17. The molecule has 0 spiro atoms. The second kappa shape index (κ2) is 4.79. The van der Waals surface area contributed by atoms with Gasteiger partial charge in [0.15, 0.2) is 0 Å². The van der Waals surface area contributed by atoms with Crippen molar-refractivity contribution in [3.63, 3.8) is 0 Å². The summed E-state index contributed by atoms with van der Waals surface area (Å²) in [5.74, 6) is -0.961. The molecule has 1 rings (SSSR count). The predicted molar refractivity (Wildman–Crippen MR) is 56.4 cm³/mol. The topological polar surface area (TPSA) is 46.6 Å². The molecule has 0 saturated carbocycles. The molecule has 0 unspecified atom stereocenters.